The molecule has 0 atom stereocenters. The van der Waals surface area contributed by atoms with E-state index in [0.29, 0.717) is 32.8 Å². The molecule has 0 radical (unpaired) electrons. The fourth-order valence-corrected chi connectivity index (χ4v) is 2.17. The first-order chi connectivity index (χ1) is 8.90. The van der Waals surface area contributed by atoms with E-state index in [4.69, 9.17) is 28.9 Å². The fraction of sp³-hybridized carbons (Fsp3) is 0.167. The van der Waals surface area contributed by atoms with Crippen LogP contribution in [-0.2, 0) is 7.05 Å². The summed E-state index contributed by atoms with van der Waals surface area (Å²) in [6, 6.07) is 4.82. The summed E-state index contributed by atoms with van der Waals surface area (Å²) in [5, 5.41) is 7.62. The average Bonchev–Trinajstić information content (AvgIpc) is 2.57. The molecule has 5 nitrogen and oxygen atoms in total. The van der Waals surface area contributed by atoms with Crippen LogP contribution in [0.3, 0.4) is 0 Å². The highest BCUT2D eigenvalue weighted by molar-refractivity contribution is 6.36. The van der Waals surface area contributed by atoms with E-state index in [1.807, 2.05) is 0 Å². The lowest BCUT2D eigenvalue weighted by Crippen LogP contribution is -2.17. The molecule has 1 aromatic carbocycles. The van der Waals surface area contributed by atoms with Gasteiger partial charge in [0.05, 0.1) is 22.1 Å². The number of rotatable bonds is 2. The summed E-state index contributed by atoms with van der Waals surface area (Å²) in [6.07, 6.45) is 0. The third kappa shape index (κ3) is 2.67. The number of anilines is 2. The van der Waals surface area contributed by atoms with Gasteiger partial charge in [0.25, 0.3) is 5.91 Å². The van der Waals surface area contributed by atoms with Crippen LogP contribution < -0.4 is 11.1 Å². The molecular formula is C12H12Cl2N4O. The number of nitrogen functional groups attached to an aromatic ring is 1. The Hall–Kier alpha value is -1.72. The predicted molar refractivity (Wildman–Crippen MR) is 76.8 cm³/mol. The second-order valence-electron chi connectivity index (χ2n) is 4.05. The molecular weight excluding hydrogens is 287 g/mol. The van der Waals surface area contributed by atoms with Crippen molar-refractivity contribution in [1.29, 1.82) is 0 Å². The zero-order valence-corrected chi connectivity index (χ0v) is 11.9. The van der Waals surface area contributed by atoms with Gasteiger partial charge in [0.2, 0.25) is 0 Å². The molecule has 3 N–H and O–H groups in total. The number of carbonyl (C=O) groups is 1. The van der Waals surface area contributed by atoms with Crippen molar-refractivity contribution >= 4 is 40.5 Å². The lowest BCUT2D eigenvalue weighted by molar-refractivity contribution is 0.101. The van der Waals surface area contributed by atoms with Gasteiger partial charge in [-0.1, -0.05) is 23.2 Å². The van der Waals surface area contributed by atoms with Gasteiger partial charge in [0.15, 0.2) is 0 Å². The first-order valence-electron chi connectivity index (χ1n) is 5.45. The number of nitrogens with one attached hydrogen (secondary N) is 1. The first-order valence-corrected chi connectivity index (χ1v) is 6.21. The second-order valence-corrected chi connectivity index (χ2v) is 4.89. The Morgan fingerprint density at radius 2 is 2.11 bits per heavy atom. The summed E-state index contributed by atoms with van der Waals surface area (Å²) in [5.74, 6) is -0.371. The summed E-state index contributed by atoms with van der Waals surface area (Å²) < 4.78 is 1.43. The number of carbonyl (C=O) groups excluding carboxylic acids is 1. The van der Waals surface area contributed by atoms with Crippen LogP contribution in [-0.4, -0.2) is 15.7 Å². The van der Waals surface area contributed by atoms with E-state index in [1.54, 1.807) is 32.2 Å². The van der Waals surface area contributed by atoms with Crippen molar-refractivity contribution in [2.24, 2.45) is 7.05 Å². The molecule has 100 valence electrons. The summed E-state index contributed by atoms with van der Waals surface area (Å²) in [7, 11) is 1.65. The molecule has 1 heterocycles. The Labute approximate surface area is 120 Å². The van der Waals surface area contributed by atoms with Gasteiger partial charge in [0.1, 0.15) is 5.69 Å². The molecule has 0 aliphatic carbocycles. The predicted octanol–water partition coefficient (Wildman–Crippen LogP) is 2.87. The Balaban J connectivity index is 2.31. The van der Waals surface area contributed by atoms with Gasteiger partial charge in [-0.25, -0.2) is 0 Å². The van der Waals surface area contributed by atoms with Gasteiger partial charge in [-0.15, -0.1) is 0 Å². The van der Waals surface area contributed by atoms with Crippen molar-refractivity contribution in [2.75, 3.05) is 11.1 Å². The minimum absolute atomic E-state index is 0.295. The zero-order chi connectivity index (χ0) is 14.2. The Morgan fingerprint density at radius 1 is 1.42 bits per heavy atom. The van der Waals surface area contributed by atoms with Crippen molar-refractivity contribution in [3.63, 3.8) is 0 Å². The van der Waals surface area contributed by atoms with Crippen LogP contribution in [0.25, 0.3) is 0 Å². The van der Waals surface area contributed by atoms with Gasteiger partial charge in [0, 0.05) is 12.1 Å². The summed E-state index contributed by atoms with van der Waals surface area (Å²) >= 11 is 11.8. The third-order valence-corrected chi connectivity index (χ3v) is 3.21. The van der Waals surface area contributed by atoms with E-state index in [9.17, 15) is 4.79 Å². The molecule has 0 spiro atoms. The van der Waals surface area contributed by atoms with Gasteiger partial charge in [-0.05, 0) is 25.1 Å². The lowest BCUT2D eigenvalue weighted by atomic mass is 10.2. The van der Waals surface area contributed by atoms with Crippen LogP contribution in [0.15, 0.2) is 18.2 Å². The minimum Gasteiger partial charge on any atom is -0.395 e. The van der Waals surface area contributed by atoms with E-state index in [-0.39, 0.29) is 5.91 Å². The number of nitrogens with two attached hydrogens (primary N) is 1. The normalized spacial score (nSPS) is 10.5. The van der Waals surface area contributed by atoms with Crippen LogP contribution in [0.5, 0.6) is 0 Å². The summed E-state index contributed by atoms with van der Waals surface area (Å²) in [6.45, 7) is 1.74. The molecule has 0 fully saturated rings. The van der Waals surface area contributed by atoms with Crippen molar-refractivity contribution in [2.45, 2.75) is 6.92 Å². The second kappa shape index (κ2) is 5.11. The van der Waals surface area contributed by atoms with E-state index in [1.165, 1.54) is 4.68 Å². The molecule has 7 heteroatoms. The van der Waals surface area contributed by atoms with E-state index in [0.717, 1.165) is 0 Å². The number of halogens is 2. The van der Waals surface area contributed by atoms with E-state index >= 15 is 0 Å². The highest BCUT2D eigenvalue weighted by atomic mass is 35.5. The third-order valence-electron chi connectivity index (χ3n) is 2.66. The lowest BCUT2D eigenvalue weighted by Gasteiger charge is -2.08. The maximum atomic E-state index is 12.2. The molecule has 0 saturated carbocycles. The smallest absolute Gasteiger partial charge is 0.276 e. The summed E-state index contributed by atoms with van der Waals surface area (Å²) in [4.78, 5) is 12.2. The Bertz CT molecular complexity index is 651. The van der Waals surface area contributed by atoms with Crippen molar-refractivity contribution in [3.05, 3.63) is 39.6 Å². The molecule has 2 rings (SSSR count). The molecule has 1 aromatic heterocycles. The first kappa shape index (κ1) is 13.7. The molecule has 2 aromatic rings. The molecule has 0 bridgehead atoms. The monoisotopic (exact) mass is 298 g/mol. The van der Waals surface area contributed by atoms with Crippen molar-refractivity contribution in [1.82, 2.24) is 9.78 Å². The van der Waals surface area contributed by atoms with Crippen LogP contribution in [0.4, 0.5) is 11.4 Å². The number of aryl methyl sites for hydroxylation is 2. The van der Waals surface area contributed by atoms with E-state index in [2.05, 4.69) is 10.4 Å². The van der Waals surface area contributed by atoms with Crippen LogP contribution >= 0.6 is 23.2 Å². The Kier molecular flexibility index (Phi) is 3.68. The average molecular weight is 299 g/mol. The zero-order valence-electron chi connectivity index (χ0n) is 10.4. The number of hydrogen-bond acceptors (Lipinski definition) is 3. The fourth-order valence-electron chi connectivity index (χ4n) is 1.72. The summed E-state index contributed by atoms with van der Waals surface area (Å²) in [5.41, 5.74) is 7.54. The van der Waals surface area contributed by atoms with Crippen molar-refractivity contribution < 1.29 is 4.79 Å². The van der Waals surface area contributed by atoms with Crippen molar-refractivity contribution in [3.8, 4) is 0 Å². The maximum absolute atomic E-state index is 12.2. The molecule has 0 unspecified atom stereocenters. The van der Waals surface area contributed by atoms with Crippen LogP contribution in [0.1, 0.15) is 16.2 Å². The largest absolute Gasteiger partial charge is 0.395 e. The molecule has 0 aliphatic heterocycles. The SMILES string of the molecule is Cc1nn(C)c(C(=O)Nc2ccc(Cl)cc2Cl)c1N. The van der Waals surface area contributed by atoms with Crippen LogP contribution in [0.2, 0.25) is 10.0 Å². The molecule has 19 heavy (non-hydrogen) atoms. The number of hydrogen-bond donors (Lipinski definition) is 2. The van der Waals surface area contributed by atoms with Gasteiger partial charge < -0.3 is 11.1 Å². The van der Waals surface area contributed by atoms with Gasteiger partial charge in [-0.3, -0.25) is 9.48 Å². The molecule has 0 aliphatic rings. The van der Waals surface area contributed by atoms with Gasteiger partial charge >= 0.3 is 0 Å². The highest BCUT2D eigenvalue weighted by Crippen LogP contribution is 2.26. The highest BCUT2D eigenvalue weighted by Gasteiger charge is 2.18. The molecule has 0 saturated heterocycles. The minimum atomic E-state index is -0.371. The van der Waals surface area contributed by atoms with Gasteiger partial charge in [-0.2, -0.15) is 5.10 Å². The number of aromatic nitrogens is 2. The van der Waals surface area contributed by atoms with Crippen LogP contribution in [0, 0.1) is 6.92 Å². The quantitative estimate of drug-likeness (QED) is 0.895. The maximum Gasteiger partial charge on any atom is 0.276 e. The number of benzene rings is 1. The van der Waals surface area contributed by atoms with E-state index < -0.39 is 0 Å². The molecule has 1 amide bonds. The number of amides is 1. The topological polar surface area (TPSA) is 72.9 Å². The Morgan fingerprint density at radius 3 is 2.63 bits per heavy atom. The standard InChI is InChI=1S/C12H12Cl2N4O/c1-6-10(15)11(18(2)17-6)12(19)16-9-4-3-7(13)5-8(9)14/h3-5H,15H2,1-2H3,(H,16,19). The number of nitrogens with zero attached hydrogens (tertiary/aromatic N) is 2.